The predicted octanol–water partition coefficient (Wildman–Crippen LogP) is -0.203. The van der Waals surface area contributed by atoms with Crippen molar-refractivity contribution in [1.82, 2.24) is 14.7 Å². The minimum atomic E-state index is -1.01. The van der Waals surface area contributed by atoms with Gasteiger partial charge in [0.1, 0.15) is 0 Å². The van der Waals surface area contributed by atoms with E-state index in [4.69, 9.17) is 5.11 Å². The zero-order valence-electron chi connectivity index (χ0n) is 14.6. The quantitative estimate of drug-likeness (QED) is 0.631. The maximum absolute atomic E-state index is 12.3. The maximum Gasteiger partial charge on any atom is 0.407 e. The Kier molecular flexibility index (Phi) is 5.50. The Bertz CT molecular complexity index is 511. The molecule has 0 aromatic heterocycles. The molecule has 2 aliphatic heterocycles. The first kappa shape index (κ1) is 18.4. The molecule has 8 nitrogen and oxygen atoms in total. The van der Waals surface area contributed by atoms with Crippen LogP contribution in [0.25, 0.3) is 0 Å². The first-order valence-corrected chi connectivity index (χ1v) is 9.24. The molecule has 25 heavy (non-hydrogen) atoms. The normalized spacial score (nSPS) is 28.1. The predicted molar refractivity (Wildman–Crippen MR) is 90.1 cm³/mol. The molecule has 0 radical (unpaired) electrons. The molecule has 3 rings (SSSR count). The smallest absolute Gasteiger partial charge is 0.407 e. The van der Waals surface area contributed by atoms with E-state index in [1.165, 1.54) is 4.90 Å². The highest BCUT2D eigenvalue weighted by Gasteiger charge is 2.51. The highest BCUT2D eigenvalue weighted by Crippen LogP contribution is 2.53. The van der Waals surface area contributed by atoms with Crippen LogP contribution in [-0.2, 0) is 4.79 Å². The van der Waals surface area contributed by atoms with Gasteiger partial charge in [-0.15, -0.1) is 0 Å². The number of carbonyl (C=O) groups excluding carboxylic acids is 1. The van der Waals surface area contributed by atoms with E-state index in [2.05, 4.69) is 4.90 Å². The van der Waals surface area contributed by atoms with Crippen LogP contribution in [0.2, 0.25) is 0 Å². The number of carboxylic acid groups (broad SMARTS) is 1. The van der Waals surface area contributed by atoms with Gasteiger partial charge in [0.05, 0.1) is 18.8 Å². The van der Waals surface area contributed by atoms with Crippen LogP contribution in [0, 0.1) is 5.41 Å². The molecular weight excluding hydrogens is 326 g/mol. The van der Waals surface area contributed by atoms with E-state index in [1.54, 1.807) is 4.90 Å². The summed E-state index contributed by atoms with van der Waals surface area (Å²) >= 11 is 0. The van der Waals surface area contributed by atoms with Gasteiger partial charge in [0, 0.05) is 39.1 Å². The second kappa shape index (κ2) is 7.47. The number of hydrogen-bond donors (Lipinski definition) is 3. The topological polar surface area (TPSA) is 105 Å². The van der Waals surface area contributed by atoms with Gasteiger partial charge in [0.15, 0.2) is 0 Å². The molecule has 1 saturated carbocycles. The summed E-state index contributed by atoms with van der Waals surface area (Å²) in [6, 6.07) is -0.296. The molecule has 2 saturated heterocycles. The Labute approximate surface area is 148 Å². The van der Waals surface area contributed by atoms with Crippen molar-refractivity contribution in [3.63, 3.8) is 0 Å². The van der Waals surface area contributed by atoms with Crippen LogP contribution in [0.4, 0.5) is 4.79 Å². The van der Waals surface area contributed by atoms with E-state index < -0.39 is 6.09 Å². The Morgan fingerprint density at radius 1 is 1.20 bits per heavy atom. The zero-order chi connectivity index (χ0) is 18.0. The van der Waals surface area contributed by atoms with E-state index in [9.17, 15) is 19.8 Å². The standard InChI is InChI=1S/C17H29N3O5/c21-12-13(20-10-9-19(16(24)25)7-2-15(20)23)1-6-18-8-5-17(3-4-17)14(22)11-18/h13-14,21-22H,1-12H2,(H,24,25)/t13-,14+/m0/s1. The van der Waals surface area contributed by atoms with Crippen LogP contribution >= 0.6 is 0 Å². The molecule has 2 atom stereocenters. The van der Waals surface area contributed by atoms with Crippen molar-refractivity contribution in [3.8, 4) is 0 Å². The van der Waals surface area contributed by atoms with Crippen LogP contribution in [0.5, 0.6) is 0 Å². The summed E-state index contributed by atoms with van der Waals surface area (Å²) in [7, 11) is 0. The van der Waals surface area contributed by atoms with Gasteiger partial charge in [-0.2, -0.15) is 0 Å². The van der Waals surface area contributed by atoms with Gasteiger partial charge in [0.2, 0.25) is 5.91 Å². The number of carbonyl (C=O) groups is 2. The van der Waals surface area contributed by atoms with Gasteiger partial charge in [-0.05, 0) is 37.6 Å². The number of β-amino-alcohol motifs (C(OH)–C–C–N with tert-alkyl or cyclic N) is 1. The fraction of sp³-hybridized carbons (Fsp3) is 0.882. The van der Waals surface area contributed by atoms with Gasteiger partial charge < -0.3 is 30.0 Å². The maximum atomic E-state index is 12.3. The van der Waals surface area contributed by atoms with Crippen LogP contribution < -0.4 is 0 Å². The van der Waals surface area contributed by atoms with Gasteiger partial charge in [-0.1, -0.05) is 0 Å². The highest BCUT2D eigenvalue weighted by molar-refractivity contribution is 5.78. The first-order chi connectivity index (χ1) is 11.9. The summed E-state index contributed by atoms with van der Waals surface area (Å²) in [5.74, 6) is -0.0987. The molecule has 0 aromatic rings. The molecule has 1 aliphatic carbocycles. The molecule has 0 aromatic carbocycles. The van der Waals surface area contributed by atoms with E-state index >= 15 is 0 Å². The average Bonchev–Trinajstić information content (AvgIpc) is 3.38. The number of aliphatic hydroxyl groups excluding tert-OH is 2. The molecule has 2 amide bonds. The molecule has 3 N–H and O–H groups in total. The van der Waals surface area contributed by atoms with E-state index in [0.717, 1.165) is 32.4 Å². The number of rotatable bonds is 5. The third-order valence-corrected chi connectivity index (χ3v) is 6.18. The van der Waals surface area contributed by atoms with Crippen molar-refractivity contribution < 1.29 is 24.9 Å². The monoisotopic (exact) mass is 355 g/mol. The van der Waals surface area contributed by atoms with E-state index in [0.29, 0.717) is 19.5 Å². The summed E-state index contributed by atoms with van der Waals surface area (Å²) in [5, 5.41) is 29.1. The number of amides is 2. The van der Waals surface area contributed by atoms with Crippen LogP contribution in [0.15, 0.2) is 0 Å². The summed E-state index contributed by atoms with van der Waals surface area (Å²) < 4.78 is 0. The lowest BCUT2D eigenvalue weighted by Gasteiger charge is -2.38. The lowest BCUT2D eigenvalue weighted by atomic mass is 9.90. The number of piperidine rings is 1. The molecule has 1 spiro atoms. The third kappa shape index (κ3) is 4.07. The molecular formula is C17H29N3O5. The van der Waals surface area contributed by atoms with Crippen molar-refractivity contribution in [2.24, 2.45) is 5.41 Å². The van der Waals surface area contributed by atoms with Crippen molar-refractivity contribution in [2.45, 2.75) is 44.2 Å². The summed E-state index contributed by atoms with van der Waals surface area (Å²) in [6.45, 7) is 3.03. The molecule has 2 heterocycles. The zero-order valence-corrected chi connectivity index (χ0v) is 14.6. The largest absolute Gasteiger partial charge is 0.465 e. The van der Waals surface area contributed by atoms with Gasteiger partial charge in [0.25, 0.3) is 0 Å². The first-order valence-electron chi connectivity index (χ1n) is 9.24. The fourth-order valence-corrected chi connectivity index (χ4v) is 4.12. The average molecular weight is 355 g/mol. The molecule has 8 heteroatoms. The van der Waals surface area contributed by atoms with Crippen LogP contribution in [0.1, 0.15) is 32.1 Å². The SMILES string of the molecule is O=C(O)N1CCC(=O)N([C@H](CO)CCN2CCC3(CC3)[C@H](O)C2)CC1. The van der Waals surface area contributed by atoms with E-state index in [-0.39, 0.29) is 49.6 Å². The third-order valence-electron chi connectivity index (χ3n) is 6.18. The Morgan fingerprint density at radius 3 is 2.56 bits per heavy atom. The number of likely N-dealkylation sites (tertiary alicyclic amines) is 1. The molecule has 0 unspecified atom stereocenters. The Hall–Kier alpha value is -1.38. The van der Waals surface area contributed by atoms with Gasteiger partial charge in [-0.25, -0.2) is 4.79 Å². The second-order valence-corrected chi connectivity index (χ2v) is 7.66. The Morgan fingerprint density at radius 2 is 1.96 bits per heavy atom. The number of aliphatic hydroxyl groups is 2. The minimum Gasteiger partial charge on any atom is -0.465 e. The van der Waals surface area contributed by atoms with Gasteiger partial charge in [-0.3, -0.25) is 4.79 Å². The summed E-state index contributed by atoms with van der Waals surface area (Å²) in [6.07, 6.45) is 2.80. The van der Waals surface area contributed by atoms with Crippen molar-refractivity contribution in [1.29, 1.82) is 0 Å². The second-order valence-electron chi connectivity index (χ2n) is 7.66. The molecule has 142 valence electrons. The van der Waals surface area contributed by atoms with Crippen LogP contribution in [0.3, 0.4) is 0 Å². The minimum absolute atomic E-state index is 0.0987. The summed E-state index contributed by atoms with van der Waals surface area (Å²) in [5.41, 5.74) is 0.175. The fourth-order valence-electron chi connectivity index (χ4n) is 4.12. The number of nitrogens with zero attached hydrogens (tertiary/aromatic N) is 3. The van der Waals surface area contributed by atoms with Crippen molar-refractivity contribution >= 4 is 12.0 Å². The lowest BCUT2D eigenvalue weighted by Crippen LogP contribution is -2.48. The summed E-state index contributed by atoms with van der Waals surface area (Å²) in [4.78, 5) is 28.5. The van der Waals surface area contributed by atoms with Crippen LogP contribution in [-0.4, -0.2) is 100 Å². The van der Waals surface area contributed by atoms with Crippen molar-refractivity contribution in [2.75, 3.05) is 45.9 Å². The lowest BCUT2D eigenvalue weighted by molar-refractivity contribution is -0.133. The molecule has 0 bridgehead atoms. The van der Waals surface area contributed by atoms with E-state index in [1.807, 2.05) is 0 Å². The molecule has 3 aliphatic rings. The molecule has 3 fully saturated rings. The highest BCUT2D eigenvalue weighted by atomic mass is 16.4. The Balaban J connectivity index is 1.51. The number of hydrogen-bond acceptors (Lipinski definition) is 5. The van der Waals surface area contributed by atoms with Gasteiger partial charge >= 0.3 is 6.09 Å². The van der Waals surface area contributed by atoms with Crippen molar-refractivity contribution in [3.05, 3.63) is 0 Å².